The Bertz CT molecular complexity index is 462. The van der Waals surface area contributed by atoms with Crippen molar-refractivity contribution in [1.82, 2.24) is 4.98 Å². The highest BCUT2D eigenvalue weighted by Gasteiger charge is 2.10. The average molecular weight is 253 g/mol. The minimum atomic E-state index is 0. The van der Waals surface area contributed by atoms with Crippen LogP contribution in [0.2, 0.25) is 0 Å². The van der Waals surface area contributed by atoms with E-state index in [9.17, 15) is 0 Å². The van der Waals surface area contributed by atoms with Crippen LogP contribution in [0.5, 0.6) is 0 Å². The minimum absolute atomic E-state index is 0. The van der Waals surface area contributed by atoms with Crippen molar-refractivity contribution in [3.8, 4) is 0 Å². The van der Waals surface area contributed by atoms with Gasteiger partial charge in [-0.1, -0.05) is 26.0 Å². The van der Waals surface area contributed by atoms with E-state index < -0.39 is 0 Å². The summed E-state index contributed by atoms with van der Waals surface area (Å²) in [6.45, 7) is 4.48. The standard InChI is InChI=1S/C14H20N2.ClH/c1-10(2)6-7-13(15)11-4-3-5-14-12(11)8-9-16-14;/h3-5,8-10,13,16H,6-7,15H2,1-2H3;1H/t13-;/m1./s1. The predicted octanol–water partition coefficient (Wildman–Crippen LogP) is 4.03. The Morgan fingerprint density at radius 1 is 1.18 bits per heavy atom. The van der Waals surface area contributed by atoms with Gasteiger partial charge in [0.25, 0.3) is 0 Å². The molecule has 0 saturated carbocycles. The lowest BCUT2D eigenvalue weighted by Crippen LogP contribution is -2.11. The number of halogens is 1. The maximum absolute atomic E-state index is 6.25. The van der Waals surface area contributed by atoms with Crippen molar-refractivity contribution >= 4 is 23.3 Å². The zero-order chi connectivity index (χ0) is 11.5. The van der Waals surface area contributed by atoms with Gasteiger partial charge < -0.3 is 10.7 Å². The van der Waals surface area contributed by atoms with Crippen LogP contribution in [-0.2, 0) is 0 Å². The summed E-state index contributed by atoms with van der Waals surface area (Å²) in [5.41, 5.74) is 8.70. The molecule has 3 N–H and O–H groups in total. The van der Waals surface area contributed by atoms with Crippen LogP contribution in [0.1, 0.15) is 38.3 Å². The molecular weight excluding hydrogens is 232 g/mol. The SMILES string of the molecule is CC(C)CC[C@@H](N)c1cccc2[nH]ccc12.Cl. The van der Waals surface area contributed by atoms with Crippen molar-refractivity contribution in [3.05, 3.63) is 36.0 Å². The fourth-order valence-corrected chi connectivity index (χ4v) is 2.10. The molecule has 0 spiro atoms. The van der Waals surface area contributed by atoms with Gasteiger partial charge in [0.05, 0.1) is 0 Å². The van der Waals surface area contributed by atoms with Crippen molar-refractivity contribution in [2.24, 2.45) is 11.7 Å². The Labute approximate surface area is 109 Å². The molecule has 0 bridgehead atoms. The first-order valence-electron chi connectivity index (χ1n) is 6.00. The number of aromatic nitrogens is 1. The molecule has 1 atom stereocenters. The van der Waals surface area contributed by atoms with Crippen LogP contribution in [0.4, 0.5) is 0 Å². The van der Waals surface area contributed by atoms with Gasteiger partial charge in [-0.15, -0.1) is 12.4 Å². The van der Waals surface area contributed by atoms with Crippen molar-refractivity contribution in [1.29, 1.82) is 0 Å². The number of nitrogens with two attached hydrogens (primary N) is 1. The number of rotatable bonds is 4. The van der Waals surface area contributed by atoms with Gasteiger partial charge in [-0.05, 0) is 36.5 Å². The van der Waals surface area contributed by atoms with Gasteiger partial charge in [-0.2, -0.15) is 0 Å². The van der Waals surface area contributed by atoms with E-state index in [0.29, 0.717) is 0 Å². The van der Waals surface area contributed by atoms with Crippen LogP contribution < -0.4 is 5.73 Å². The van der Waals surface area contributed by atoms with Crippen LogP contribution >= 0.6 is 12.4 Å². The van der Waals surface area contributed by atoms with Gasteiger partial charge in [0.15, 0.2) is 0 Å². The summed E-state index contributed by atoms with van der Waals surface area (Å²) >= 11 is 0. The molecule has 0 radical (unpaired) electrons. The molecule has 2 rings (SSSR count). The molecular formula is C14H21ClN2. The third kappa shape index (κ3) is 3.24. The zero-order valence-corrected chi connectivity index (χ0v) is 11.3. The lowest BCUT2D eigenvalue weighted by Gasteiger charge is -2.14. The van der Waals surface area contributed by atoms with Crippen molar-refractivity contribution in [3.63, 3.8) is 0 Å². The molecule has 0 unspecified atom stereocenters. The fourth-order valence-electron chi connectivity index (χ4n) is 2.10. The first kappa shape index (κ1) is 14.1. The summed E-state index contributed by atoms with van der Waals surface area (Å²) in [6.07, 6.45) is 4.22. The highest BCUT2D eigenvalue weighted by molar-refractivity contribution is 5.85. The van der Waals surface area contributed by atoms with E-state index >= 15 is 0 Å². The number of benzene rings is 1. The van der Waals surface area contributed by atoms with E-state index in [4.69, 9.17) is 5.73 Å². The molecule has 0 aliphatic heterocycles. The Morgan fingerprint density at radius 3 is 2.65 bits per heavy atom. The van der Waals surface area contributed by atoms with Crippen molar-refractivity contribution in [2.75, 3.05) is 0 Å². The minimum Gasteiger partial charge on any atom is -0.361 e. The molecule has 0 fully saturated rings. The van der Waals surface area contributed by atoms with E-state index in [0.717, 1.165) is 12.3 Å². The summed E-state index contributed by atoms with van der Waals surface area (Å²) < 4.78 is 0. The van der Waals surface area contributed by atoms with E-state index in [1.807, 2.05) is 6.20 Å². The van der Waals surface area contributed by atoms with Gasteiger partial charge >= 0.3 is 0 Å². The Balaban J connectivity index is 0.00000144. The second kappa shape index (κ2) is 6.08. The number of hydrogen-bond acceptors (Lipinski definition) is 1. The normalized spacial score (nSPS) is 12.7. The monoisotopic (exact) mass is 252 g/mol. The molecule has 94 valence electrons. The summed E-state index contributed by atoms with van der Waals surface area (Å²) in [6, 6.07) is 8.57. The molecule has 3 heteroatoms. The zero-order valence-electron chi connectivity index (χ0n) is 10.4. The van der Waals surface area contributed by atoms with Gasteiger partial charge in [0.1, 0.15) is 0 Å². The van der Waals surface area contributed by atoms with E-state index in [2.05, 4.69) is 43.1 Å². The van der Waals surface area contributed by atoms with Gasteiger partial charge in [-0.25, -0.2) is 0 Å². The molecule has 2 nitrogen and oxygen atoms in total. The number of hydrogen-bond donors (Lipinski definition) is 2. The molecule has 0 aliphatic rings. The number of H-pyrrole nitrogens is 1. The highest BCUT2D eigenvalue weighted by Crippen LogP contribution is 2.25. The maximum atomic E-state index is 6.25. The second-order valence-electron chi connectivity index (χ2n) is 4.86. The Kier molecular flexibility index (Phi) is 5.03. The average Bonchev–Trinajstić information content (AvgIpc) is 2.73. The fraction of sp³-hybridized carbons (Fsp3) is 0.429. The highest BCUT2D eigenvalue weighted by atomic mass is 35.5. The summed E-state index contributed by atoms with van der Waals surface area (Å²) in [7, 11) is 0. The molecule has 1 heterocycles. The van der Waals surface area contributed by atoms with Crippen LogP contribution in [0, 0.1) is 5.92 Å². The molecule has 17 heavy (non-hydrogen) atoms. The van der Waals surface area contributed by atoms with Gasteiger partial charge in [-0.3, -0.25) is 0 Å². The molecule has 1 aromatic heterocycles. The smallest absolute Gasteiger partial charge is 0.0457 e. The Hall–Kier alpha value is -0.990. The lowest BCUT2D eigenvalue weighted by atomic mass is 9.96. The largest absolute Gasteiger partial charge is 0.361 e. The number of nitrogens with one attached hydrogen (secondary N) is 1. The first-order valence-corrected chi connectivity index (χ1v) is 6.00. The quantitative estimate of drug-likeness (QED) is 0.848. The molecule has 0 aliphatic carbocycles. The topological polar surface area (TPSA) is 41.8 Å². The maximum Gasteiger partial charge on any atom is 0.0457 e. The summed E-state index contributed by atoms with van der Waals surface area (Å²) in [5, 5.41) is 1.26. The molecule has 2 aromatic rings. The summed E-state index contributed by atoms with van der Waals surface area (Å²) in [5.74, 6) is 0.719. The predicted molar refractivity (Wildman–Crippen MR) is 76.5 cm³/mol. The van der Waals surface area contributed by atoms with E-state index in [1.165, 1.54) is 22.9 Å². The van der Waals surface area contributed by atoms with Crippen molar-refractivity contribution < 1.29 is 0 Å². The second-order valence-corrected chi connectivity index (χ2v) is 4.86. The first-order chi connectivity index (χ1) is 7.68. The van der Waals surface area contributed by atoms with Crippen LogP contribution in [0.25, 0.3) is 10.9 Å². The Morgan fingerprint density at radius 2 is 1.94 bits per heavy atom. The van der Waals surface area contributed by atoms with Crippen molar-refractivity contribution in [2.45, 2.75) is 32.7 Å². The van der Waals surface area contributed by atoms with Gasteiger partial charge in [0.2, 0.25) is 0 Å². The van der Waals surface area contributed by atoms with E-state index in [1.54, 1.807) is 0 Å². The number of fused-ring (bicyclic) bond motifs is 1. The molecule has 0 saturated heterocycles. The van der Waals surface area contributed by atoms with Crippen LogP contribution in [0.15, 0.2) is 30.5 Å². The third-order valence-electron chi connectivity index (χ3n) is 3.08. The number of aromatic amines is 1. The van der Waals surface area contributed by atoms with Gasteiger partial charge in [0, 0.05) is 23.1 Å². The lowest BCUT2D eigenvalue weighted by molar-refractivity contribution is 0.508. The van der Waals surface area contributed by atoms with E-state index in [-0.39, 0.29) is 18.4 Å². The third-order valence-corrected chi connectivity index (χ3v) is 3.08. The molecule has 1 aromatic carbocycles. The van der Waals surface area contributed by atoms with Crippen LogP contribution in [0.3, 0.4) is 0 Å². The van der Waals surface area contributed by atoms with Crippen LogP contribution in [-0.4, -0.2) is 4.98 Å². The molecule has 0 amide bonds. The summed E-state index contributed by atoms with van der Waals surface area (Å²) in [4.78, 5) is 3.22.